The number of furan rings is 1. The van der Waals surface area contributed by atoms with Crippen molar-refractivity contribution in [1.82, 2.24) is 0 Å². The second-order valence-corrected chi connectivity index (χ2v) is 13.6. The Bertz CT molecular complexity index is 3140. The molecule has 0 amide bonds. The molecule has 0 N–H and O–H groups in total. The van der Waals surface area contributed by atoms with Gasteiger partial charge in [0, 0.05) is 16.2 Å². The summed E-state index contributed by atoms with van der Waals surface area (Å²) in [5.74, 6) is 0. The van der Waals surface area contributed by atoms with E-state index in [-0.39, 0.29) is 0 Å². The van der Waals surface area contributed by atoms with Crippen molar-refractivity contribution in [3.8, 4) is 33.4 Å². The van der Waals surface area contributed by atoms with Crippen molar-refractivity contribution < 1.29 is 4.42 Å². The van der Waals surface area contributed by atoms with Gasteiger partial charge in [-0.15, -0.1) is 0 Å². The van der Waals surface area contributed by atoms with Crippen molar-refractivity contribution in [3.05, 3.63) is 182 Å². The van der Waals surface area contributed by atoms with Crippen LogP contribution in [0.2, 0.25) is 0 Å². The maximum atomic E-state index is 6.49. The highest BCUT2D eigenvalue weighted by Crippen LogP contribution is 2.48. The van der Waals surface area contributed by atoms with Crippen LogP contribution < -0.4 is 0 Å². The highest BCUT2D eigenvalue weighted by Gasteiger charge is 2.21. The Morgan fingerprint density at radius 2 is 0.725 bits per heavy atom. The van der Waals surface area contributed by atoms with Gasteiger partial charge in [-0.3, -0.25) is 0 Å². The molecule has 0 bridgehead atoms. The van der Waals surface area contributed by atoms with Gasteiger partial charge in [0.25, 0.3) is 0 Å². The van der Waals surface area contributed by atoms with Gasteiger partial charge in [-0.05, 0) is 112 Å². The van der Waals surface area contributed by atoms with E-state index in [1.165, 1.54) is 81.9 Å². The molecule has 0 aliphatic carbocycles. The summed E-state index contributed by atoms with van der Waals surface area (Å²) in [6, 6.07) is 66.4. The first kappa shape index (κ1) is 28.2. The zero-order chi connectivity index (χ0) is 33.5. The third-order valence-corrected chi connectivity index (χ3v) is 10.8. The summed E-state index contributed by atoms with van der Waals surface area (Å²) < 4.78 is 6.49. The third kappa shape index (κ3) is 4.28. The van der Waals surface area contributed by atoms with E-state index in [1.807, 2.05) is 6.07 Å². The SMILES string of the molecule is c1ccc2cc(-c3ccc4cc(-c5c6ccccc6c(-c6cc7c8ccccc8oc7c7ccccc67)c6ccccc56)ccc4c3)ccc2c1. The molecule has 0 radical (unpaired) electrons. The quantitative estimate of drug-likeness (QED) is 0.174. The smallest absolute Gasteiger partial charge is 0.143 e. The standard InChI is InChI=1S/C50H30O/c1-2-12-32-27-33(22-21-31(32)11-1)34-23-24-36-29-37(26-25-35(36)28-34)48-40-15-4-6-17-42(40)49(43-18-7-5-16-41(43)48)45-30-46-39-14-9-10-20-47(39)51-50(46)44-19-8-3-13-38(44)45/h1-30H. The molecule has 51 heavy (non-hydrogen) atoms. The molecule has 1 heterocycles. The monoisotopic (exact) mass is 646 g/mol. The molecule has 1 nitrogen and oxygen atoms in total. The highest BCUT2D eigenvalue weighted by atomic mass is 16.3. The summed E-state index contributed by atoms with van der Waals surface area (Å²) >= 11 is 0. The van der Waals surface area contributed by atoms with Gasteiger partial charge in [-0.1, -0.05) is 152 Å². The molecule has 0 aliphatic rings. The summed E-state index contributed by atoms with van der Waals surface area (Å²) in [5, 5.41) is 14.6. The lowest BCUT2D eigenvalue weighted by atomic mass is 9.84. The zero-order valence-corrected chi connectivity index (χ0v) is 27.7. The van der Waals surface area contributed by atoms with E-state index in [0.717, 1.165) is 27.3 Å². The second-order valence-electron chi connectivity index (χ2n) is 13.6. The lowest BCUT2D eigenvalue weighted by Crippen LogP contribution is -1.92. The van der Waals surface area contributed by atoms with E-state index in [0.29, 0.717) is 0 Å². The molecule has 0 saturated heterocycles. The average Bonchev–Trinajstić information content (AvgIpc) is 3.58. The van der Waals surface area contributed by atoms with Crippen molar-refractivity contribution in [3.63, 3.8) is 0 Å². The second kappa shape index (κ2) is 10.9. The van der Waals surface area contributed by atoms with Gasteiger partial charge in [0.15, 0.2) is 0 Å². The van der Waals surface area contributed by atoms with Gasteiger partial charge in [-0.2, -0.15) is 0 Å². The van der Waals surface area contributed by atoms with E-state index in [9.17, 15) is 0 Å². The highest BCUT2D eigenvalue weighted by molar-refractivity contribution is 6.27. The summed E-state index contributed by atoms with van der Waals surface area (Å²) in [7, 11) is 0. The van der Waals surface area contributed by atoms with Crippen LogP contribution in [-0.4, -0.2) is 0 Å². The van der Waals surface area contributed by atoms with Crippen LogP contribution in [0.5, 0.6) is 0 Å². The van der Waals surface area contributed by atoms with Gasteiger partial charge in [-0.25, -0.2) is 0 Å². The van der Waals surface area contributed by atoms with Gasteiger partial charge in [0.1, 0.15) is 11.2 Å². The first-order chi connectivity index (χ1) is 25.3. The number of para-hydroxylation sites is 1. The Kier molecular flexibility index (Phi) is 6.02. The molecule has 0 saturated carbocycles. The van der Waals surface area contributed by atoms with Crippen LogP contribution in [0.3, 0.4) is 0 Å². The fourth-order valence-corrected chi connectivity index (χ4v) is 8.43. The van der Waals surface area contributed by atoms with Crippen molar-refractivity contribution in [2.75, 3.05) is 0 Å². The van der Waals surface area contributed by atoms with Gasteiger partial charge >= 0.3 is 0 Å². The number of benzene rings is 10. The van der Waals surface area contributed by atoms with Crippen molar-refractivity contribution in [2.24, 2.45) is 0 Å². The first-order valence-corrected chi connectivity index (χ1v) is 17.6. The minimum absolute atomic E-state index is 0.917. The van der Waals surface area contributed by atoms with Crippen LogP contribution in [0, 0.1) is 0 Å². The minimum Gasteiger partial charge on any atom is -0.455 e. The van der Waals surface area contributed by atoms with Gasteiger partial charge < -0.3 is 4.42 Å². The predicted octanol–water partition coefficient (Wildman–Crippen LogP) is 14.4. The van der Waals surface area contributed by atoms with Crippen molar-refractivity contribution in [2.45, 2.75) is 0 Å². The van der Waals surface area contributed by atoms with Crippen LogP contribution in [0.25, 0.3) is 109 Å². The molecule has 0 unspecified atom stereocenters. The summed E-state index contributed by atoms with van der Waals surface area (Å²) in [4.78, 5) is 0. The average molecular weight is 647 g/mol. The van der Waals surface area contributed by atoms with Gasteiger partial charge in [0.2, 0.25) is 0 Å². The molecule has 0 atom stereocenters. The van der Waals surface area contributed by atoms with Crippen LogP contribution in [0.4, 0.5) is 0 Å². The maximum absolute atomic E-state index is 6.49. The van der Waals surface area contributed by atoms with Crippen molar-refractivity contribution in [1.29, 1.82) is 0 Å². The molecule has 0 fully saturated rings. The van der Waals surface area contributed by atoms with Crippen LogP contribution in [0.1, 0.15) is 0 Å². The Balaban J connectivity index is 1.15. The predicted molar refractivity (Wildman–Crippen MR) is 218 cm³/mol. The third-order valence-electron chi connectivity index (χ3n) is 10.8. The van der Waals surface area contributed by atoms with E-state index in [2.05, 4.69) is 176 Å². The van der Waals surface area contributed by atoms with Crippen LogP contribution in [-0.2, 0) is 0 Å². The summed E-state index contributed by atoms with van der Waals surface area (Å²) in [5.41, 5.74) is 9.31. The Morgan fingerprint density at radius 1 is 0.275 bits per heavy atom. The van der Waals surface area contributed by atoms with E-state index < -0.39 is 0 Å². The lowest BCUT2D eigenvalue weighted by Gasteiger charge is -2.19. The molecule has 10 aromatic carbocycles. The van der Waals surface area contributed by atoms with E-state index >= 15 is 0 Å². The fourth-order valence-electron chi connectivity index (χ4n) is 8.43. The number of rotatable bonds is 3. The number of hydrogen-bond donors (Lipinski definition) is 0. The molecular weight excluding hydrogens is 617 g/mol. The molecule has 11 aromatic rings. The van der Waals surface area contributed by atoms with E-state index in [1.54, 1.807) is 0 Å². The molecule has 1 heteroatoms. The van der Waals surface area contributed by atoms with Gasteiger partial charge in [0.05, 0.1) is 0 Å². The topological polar surface area (TPSA) is 13.1 Å². The first-order valence-electron chi connectivity index (χ1n) is 17.6. The molecule has 0 spiro atoms. The molecular formula is C50H30O. The van der Waals surface area contributed by atoms with E-state index in [4.69, 9.17) is 4.42 Å². The molecule has 11 rings (SSSR count). The summed E-state index contributed by atoms with van der Waals surface area (Å²) in [6.45, 7) is 0. The van der Waals surface area contributed by atoms with Crippen LogP contribution >= 0.6 is 0 Å². The zero-order valence-electron chi connectivity index (χ0n) is 27.7. The maximum Gasteiger partial charge on any atom is 0.143 e. The number of hydrogen-bond acceptors (Lipinski definition) is 1. The molecule has 236 valence electrons. The fraction of sp³-hybridized carbons (Fsp3) is 0. The molecule has 1 aromatic heterocycles. The normalized spacial score (nSPS) is 11.9. The Morgan fingerprint density at radius 3 is 1.39 bits per heavy atom. The molecule has 0 aliphatic heterocycles. The Hall–Kier alpha value is -6.70. The minimum atomic E-state index is 0.917. The largest absolute Gasteiger partial charge is 0.455 e. The number of fused-ring (bicyclic) bond motifs is 9. The lowest BCUT2D eigenvalue weighted by molar-refractivity contribution is 0.672. The Labute approximate surface area is 294 Å². The summed E-state index contributed by atoms with van der Waals surface area (Å²) in [6.07, 6.45) is 0. The van der Waals surface area contributed by atoms with Crippen molar-refractivity contribution >= 4 is 75.8 Å². The van der Waals surface area contributed by atoms with Crippen LogP contribution in [0.15, 0.2) is 186 Å².